The third-order valence-corrected chi connectivity index (χ3v) is 5.14. The number of carbonyl (C=O) groups excluding carboxylic acids is 1. The van der Waals surface area contributed by atoms with Crippen molar-refractivity contribution in [1.29, 1.82) is 0 Å². The molecule has 1 atom stereocenters. The van der Waals surface area contributed by atoms with Crippen LogP contribution in [0.15, 0.2) is 53.6 Å². The van der Waals surface area contributed by atoms with Crippen molar-refractivity contribution >= 4 is 11.6 Å². The minimum atomic E-state index is -0.299. The summed E-state index contributed by atoms with van der Waals surface area (Å²) in [5, 5.41) is 6.20. The molecule has 1 heterocycles. The average Bonchev–Trinajstić information content (AvgIpc) is 3.07. The Kier molecular flexibility index (Phi) is 5.71. The molecule has 0 aromatic heterocycles. The topological polar surface area (TPSA) is 35.9 Å². The van der Waals surface area contributed by atoms with Crippen molar-refractivity contribution in [2.24, 2.45) is 5.10 Å². The highest BCUT2D eigenvalue weighted by atomic mass is 19.1. The normalized spacial score (nSPS) is 16.9. The van der Waals surface area contributed by atoms with Gasteiger partial charge in [-0.25, -0.2) is 9.40 Å². The highest BCUT2D eigenvalue weighted by Gasteiger charge is 2.34. The van der Waals surface area contributed by atoms with Crippen molar-refractivity contribution in [3.8, 4) is 0 Å². The molecule has 0 spiro atoms. The zero-order chi connectivity index (χ0) is 19.6. The van der Waals surface area contributed by atoms with Gasteiger partial charge in [0.15, 0.2) is 0 Å². The largest absolute Gasteiger partial charge is 0.295 e. The predicted octanol–water partition coefficient (Wildman–Crippen LogP) is 4.15. The van der Waals surface area contributed by atoms with Gasteiger partial charge in [-0.1, -0.05) is 36.4 Å². The van der Waals surface area contributed by atoms with Gasteiger partial charge in [0, 0.05) is 18.0 Å². The highest BCUT2D eigenvalue weighted by Crippen LogP contribution is 2.34. The van der Waals surface area contributed by atoms with E-state index in [1.165, 1.54) is 12.1 Å². The lowest BCUT2D eigenvalue weighted by molar-refractivity contribution is -0.134. The third-order valence-electron chi connectivity index (χ3n) is 5.14. The molecule has 0 aliphatic carbocycles. The lowest BCUT2D eigenvalue weighted by Crippen LogP contribution is -2.39. The second-order valence-corrected chi connectivity index (χ2v) is 7.38. The number of aryl methyl sites for hydroxylation is 1. The Morgan fingerprint density at radius 2 is 2.00 bits per heavy atom. The van der Waals surface area contributed by atoms with Crippen molar-refractivity contribution in [1.82, 2.24) is 9.91 Å². The Hall–Kier alpha value is -2.53. The minimum Gasteiger partial charge on any atom is -0.295 e. The van der Waals surface area contributed by atoms with Crippen LogP contribution in [0.4, 0.5) is 4.39 Å². The Bertz CT molecular complexity index is 862. The monoisotopic (exact) mass is 367 g/mol. The molecule has 1 aliphatic rings. The van der Waals surface area contributed by atoms with E-state index < -0.39 is 0 Å². The summed E-state index contributed by atoms with van der Waals surface area (Å²) in [5.74, 6) is -0.349. The van der Waals surface area contributed by atoms with Crippen molar-refractivity contribution < 1.29 is 9.18 Å². The molecule has 1 amide bonds. The SMILES string of the molecule is Cc1ccccc1[C@@H]1CC(c2cccc(F)c2)=NN1C(=O)CN(C)C(C)C. The number of carbonyl (C=O) groups is 1. The summed E-state index contributed by atoms with van der Waals surface area (Å²) in [7, 11) is 1.93. The van der Waals surface area contributed by atoms with E-state index in [1.54, 1.807) is 11.1 Å². The van der Waals surface area contributed by atoms with Crippen molar-refractivity contribution in [2.75, 3.05) is 13.6 Å². The van der Waals surface area contributed by atoms with E-state index in [-0.39, 0.29) is 23.8 Å². The zero-order valence-corrected chi connectivity index (χ0v) is 16.3. The molecule has 4 nitrogen and oxygen atoms in total. The summed E-state index contributed by atoms with van der Waals surface area (Å²) < 4.78 is 13.7. The number of hydrogen-bond donors (Lipinski definition) is 0. The van der Waals surface area contributed by atoms with Gasteiger partial charge in [0.2, 0.25) is 0 Å². The molecule has 0 radical (unpaired) electrons. The lowest BCUT2D eigenvalue weighted by Gasteiger charge is -2.27. The van der Waals surface area contributed by atoms with Crippen LogP contribution in [0.2, 0.25) is 0 Å². The lowest BCUT2D eigenvalue weighted by atomic mass is 9.95. The summed E-state index contributed by atoms with van der Waals surface area (Å²) in [4.78, 5) is 15.0. The summed E-state index contributed by atoms with van der Waals surface area (Å²) in [6.45, 7) is 6.44. The van der Waals surface area contributed by atoms with Gasteiger partial charge in [0.1, 0.15) is 5.82 Å². The molecule has 27 heavy (non-hydrogen) atoms. The number of benzene rings is 2. The minimum absolute atomic E-state index is 0.0501. The number of hydrazone groups is 1. The van der Waals surface area contributed by atoms with Gasteiger partial charge < -0.3 is 0 Å². The van der Waals surface area contributed by atoms with Crippen LogP contribution in [0.1, 0.15) is 43.0 Å². The second kappa shape index (κ2) is 8.01. The van der Waals surface area contributed by atoms with Crippen LogP contribution < -0.4 is 0 Å². The first-order chi connectivity index (χ1) is 12.9. The van der Waals surface area contributed by atoms with E-state index in [9.17, 15) is 9.18 Å². The van der Waals surface area contributed by atoms with Gasteiger partial charge in [-0.05, 0) is 51.1 Å². The summed E-state index contributed by atoms with van der Waals surface area (Å²) in [5.41, 5.74) is 3.66. The van der Waals surface area contributed by atoms with Gasteiger partial charge in [-0.2, -0.15) is 5.10 Å². The van der Waals surface area contributed by atoms with Gasteiger partial charge in [0.05, 0.1) is 18.3 Å². The van der Waals surface area contributed by atoms with Gasteiger partial charge in [-0.15, -0.1) is 0 Å². The molecule has 0 saturated heterocycles. The third kappa shape index (κ3) is 4.25. The van der Waals surface area contributed by atoms with E-state index >= 15 is 0 Å². The second-order valence-electron chi connectivity index (χ2n) is 7.38. The fourth-order valence-corrected chi connectivity index (χ4v) is 3.25. The Labute approximate surface area is 160 Å². The maximum Gasteiger partial charge on any atom is 0.257 e. The first kappa shape index (κ1) is 19.2. The molecular weight excluding hydrogens is 341 g/mol. The maximum atomic E-state index is 13.7. The first-order valence-electron chi connectivity index (χ1n) is 9.28. The van der Waals surface area contributed by atoms with E-state index in [4.69, 9.17) is 0 Å². The number of amides is 1. The standard InChI is InChI=1S/C22H26FN3O/c1-15(2)25(4)14-22(27)26-21(19-11-6-5-8-16(19)3)13-20(24-26)17-9-7-10-18(23)12-17/h5-12,15,21H,13-14H2,1-4H3/t21-/m0/s1. The predicted molar refractivity (Wildman–Crippen MR) is 106 cm³/mol. The fourth-order valence-electron chi connectivity index (χ4n) is 3.25. The number of hydrogen-bond acceptors (Lipinski definition) is 3. The van der Waals surface area contributed by atoms with E-state index in [0.717, 1.165) is 22.4 Å². The van der Waals surface area contributed by atoms with Crippen LogP contribution in [-0.2, 0) is 4.79 Å². The summed E-state index contributed by atoms with van der Waals surface area (Å²) in [6.07, 6.45) is 0.575. The molecule has 142 valence electrons. The number of halogens is 1. The molecule has 0 bridgehead atoms. The van der Waals surface area contributed by atoms with Crippen molar-refractivity contribution in [2.45, 2.75) is 39.3 Å². The van der Waals surface area contributed by atoms with E-state index in [0.29, 0.717) is 13.0 Å². The molecule has 1 aliphatic heterocycles. The molecule has 2 aromatic rings. The van der Waals surface area contributed by atoms with Gasteiger partial charge in [-0.3, -0.25) is 9.69 Å². The van der Waals surface area contributed by atoms with Crippen LogP contribution in [-0.4, -0.2) is 41.2 Å². The number of nitrogens with zero attached hydrogens (tertiary/aromatic N) is 3. The molecule has 5 heteroatoms. The van der Waals surface area contributed by atoms with Crippen LogP contribution in [0.3, 0.4) is 0 Å². The van der Waals surface area contributed by atoms with Crippen LogP contribution in [0.25, 0.3) is 0 Å². The van der Waals surface area contributed by atoms with Crippen molar-refractivity contribution in [3.63, 3.8) is 0 Å². The Morgan fingerprint density at radius 1 is 1.26 bits per heavy atom. The smallest absolute Gasteiger partial charge is 0.257 e. The fraction of sp³-hybridized carbons (Fsp3) is 0.364. The summed E-state index contributed by atoms with van der Waals surface area (Å²) in [6, 6.07) is 14.5. The molecule has 0 unspecified atom stereocenters. The van der Waals surface area contributed by atoms with Crippen LogP contribution in [0.5, 0.6) is 0 Å². The summed E-state index contributed by atoms with van der Waals surface area (Å²) >= 11 is 0. The van der Waals surface area contributed by atoms with E-state index in [1.807, 2.05) is 49.2 Å². The molecule has 3 rings (SSSR count). The van der Waals surface area contributed by atoms with Crippen LogP contribution in [0, 0.1) is 12.7 Å². The molecule has 0 N–H and O–H groups in total. The Balaban J connectivity index is 1.95. The molecular formula is C22H26FN3O. The van der Waals surface area contributed by atoms with Gasteiger partial charge >= 0.3 is 0 Å². The van der Waals surface area contributed by atoms with Gasteiger partial charge in [0.25, 0.3) is 5.91 Å². The van der Waals surface area contributed by atoms with E-state index in [2.05, 4.69) is 18.9 Å². The number of likely N-dealkylation sites (N-methyl/N-ethyl adjacent to an activating group) is 1. The highest BCUT2D eigenvalue weighted by molar-refractivity contribution is 6.03. The number of rotatable bonds is 5. The first-order valence-corrected chi connectivity index (χ1v) is 9.28. The van der Waals surface area contributed by atoms with Crippen molar-refractivity contribution in [3.05, 3.63) is 71.0 Å². The molecule has 0 fully saturated rings. The van der Waals surface area contributed by atoms with Crippen LogP contribution >= 0.6 is 0 Å². The zero-order valence-electron chi connectivity index (χ0n) is 16.3. The average molecular weight is 367 g/mol. The Morgan fingerprint density at radius 3 is 2.67 bits per heavy atom. The molecule has 2 aromatic carbocycles. The maximum absolute atomic E-state index is 13.7. The quantitative estimate of drug-likeness (QED) is 0.796. The molecule has 0 saturated carbocycles.